The predicted molar refractivity (Wildman–Crippen MR) is 53.0 cm³/mol. The number of benzene rings is 1. The van der Waals surface area contributed by atoms with Gasteiger partial charge in [0.2, 0.25) is 0 Å². The van der Waals surface area contributed by atoms with Gasteiger partial charge in [-0.15, -0.1) is 0 Å². The first-order chi connectivity index (χ1) is 5.22. The van der Waals surface area contributed by atoms with Gasteiger partial charge in [0.05, 0.1) is 0 Å². The molecule has 0 nitrogen and oxygen atoms in total. The van der Waals surface area contributed by atoms with Crippen LogP contribution in [0.1, 0.15) is 24.7 Å². The number of hydrogen-bond donors (Lipinski definition) is 1. The molecule has 0 radical (unpaired) electrons. The molecule has 1 aromatic rings. The minimum Gasteiger partial charge on any atom is -0.171 e. The van der Waals surface area contributed by atoms with Gasteiger partial charge in [0.1, 0.15) is 0 Å². The summed E-state index contributed by atoms with van der Waals surface area (Å²) in [5, 5.41) is 0.371. The van der Waals surface area contributed by atoms with Crippen molar-refractivity contribution in [3.05, 3.63) is 35.9 Å². The monoisotopic (exact) mass is 166 g/mol. The molecular formula is C10H14S. The zero-order chi connectivity index (χ0) is 8.27. The first-order valence-electron chi connectivity index (χ1n) is 3.95. The van der Waals surface area contributed by atoms with E-state index in [1.807, 2.05) is 6.07 Å². The van der Waals surface area contributed by atoms with Crippen molar-refractivity contribution in [2.45, 2.75) is 19.1 Å². The van der Waals surface area contributed by atoms with Gasteiger partial charge in [-0.2, -0.15) is 12.6 Å². The van der Waals surface area contributed by atoms with Gasteiger partial charge < -0.3 is 0 Å². The Morgan fingerprint density at radius 1 is 1.09 bits per heavy atom. The van der Waals surface area contributed by atoms with E-state index in [2.05, 4.69) is 50.7 Å². The zero-order valence-electron chi connectivity index (χ0n) is 6.99. The summed E-state index contributed by atoms with van der Waals surface area (Å²) in [4.78, 5) is 0. The van der Waals surface area contributed by atoms with Crippen molar-refractivity contribution >= 4 is 12.6 Å². The highest BCUT2D eigenvalue weighted by molar-refractivity contribution is 7.80. The van der Waals surface area contributed by atoms with Crippen molar-refractivity contribution in [2.75, 3.05) is 0 Å². The number of rotatable bonds is 2. The Hall–Kier alpha value is -0.430. The van der Waals surface area contributed by atoms with Crippen LogP contribution in [0.25, 0.3) is 0 Å². The van der Waals surface area contributed by atoms with Crippen LogP contribution in [0.5, 0.6) is 0 Å². The van der Waals surface area contributed by atoms with E-state index >= 15 is 0 Å². The van der Waals surface area contributed by atoms with Gasteiger partial charge >= 0.3 is 0 Å². The smallest absolute Gasteiger partial charge is 0.0290 e. The molecule has 1 heteroatoms. The van der Waals surface area contributed by atoms with Crippen molar-refractivity contribution in [2.24, 2.45) is 5.92 Å². The molecule has 0 heterocycles. The molecule has 0 bridgehead atoms. The second kappa shape index (κ2) is 3.82. The fourth-order valence-electron chi connectivity index (χ4n) is 1.04. The molecule has 0 aliphatic heterocycles. The van der Waals surface area contributed by atoms with Crippen LogP contribution < -0.4 is 0 Å². The molecule has 0 fully saturated rings. The zero-order valence-corrected chi connectivity index (χ0v) is 7.88. The van der Waals surface area contributed by atoms with E-state index in [1.165, 1.54) is 5.56 Å². The molecule has 0 saturated heterocycles. The fraction of sp³-hybridized carbons (Fsp3) is 0.400. The molecule has 1 aromatic carbocycles. The second-order valence-corrected chi connectivity index (χ2v) is 3.66. The molecule has 0 aliphatic rings. The lowest BCUT2D eigenvalue weighted by molar-refractivity contribution is 0.636. The van der Waals surface area contributed by atoms with Gasteiger partial charge in [-0.1, -0.05) is 44.2 Å². The molecule has 0 aliphatic carbocycles. The third-order valence-corrected chi connectivity index (χ3v) is 2.67. The Labute approximate surface area is 74.0 Å². The lowest BCUT2D eigenvalue weighted by Crippen LogP contribution is -1.98. The summed E-state index contributed by atoms with van der Waals surface area (Å²) < 4.78 is 0. The minimum absolute atomic E-state index is 0.371. The lowest BCUT2D eigenvalue weighted by Gasteiger charge is -2.14. The van der Waals surface area contributed by atoms with E-state index in [4.69, 9.17) is 0 Å². The molecule has 0 aromatic heterocycles. The molecule has 0 spiro atoms. The van der Waals surface area contributed by atoms with Gasteiger partial charge in [-0.25, -0.2) is 0 Å². The van der Waals surface area contributed by atoms with E-state index in [9.17, 15) is 0 Å². The fourth-order valence-corrected chi connectivity index (χ4v) is 1.21. The Kier molecular flexibility index (Phi) is 3.01. The topological polar surface area (TPSA) is 0 Å². The maximum atomic E-state index is 4.51. The summed E-state index contributed by atoms with van der Waals surface area (Å²) in [5.41, 5.74) is 1.31. The maximum Gasteiger partial charge on any atom is 0.0290 e. The third-order valence-electron chi connectivity index (χ3n) is 1.77. The molecule has 1 atom stereocenters. The van der Waals surface area contributed by atoms with Gasteiger partial charge in [0.15, 0.2) is 0 Å². The normalized spacial score (nSPS) is 13.5. The summed E-state index contributed by atoms with van der Waals surface area (Å²) >= 11 is 4.51. The van der Waals surface area contributed by atoms with Crippen LogP contribution in [0.2, 0.25) is 0 Å². The van der Waals surface area contributed by atoms with Gasteiger partial charge in [0, 0.05) is 5.25 Å². The van der Waals surface area contributed by atoms with Crippen molar-refractivity contribution < 1.29 is 0 Å². The SMILES string of the molecule is CC(C)C(S)c1ccccc1. The quantitative estimate of drug-likeness (QED) is 0.640. The van der Waals surface area contributed by atoms with Gasteiger partial charge in [-0.05, 0) is 11.5 Å². The molecular weight excluding hydrogens is 152 g/mol. The highest BCUT2D eigenvalue weighted by Crippen LogP contribution is 2.27. The van der Waals surface area contributed by atoms with Crippen LogP contribution in [-0.2, 0) is 0 Å². The Morgan fingerprint density at radius 2 is 1.64 bits per heavy atom. The van der Waals surface area contributed by atoms with Gasteiger partial charge in [0.25, 0.3) is 0 Å². The van der Waals surface area contributed by atoms with E-state index < -0.39 is 0 Å². The highest BCUT2D eigenvalue weighted by atomic mass is 32.1. The molecule has 1 unspecified atom stereocenters. The Morgan fingerprint density at radius 3 is 2.09 bits per heavy atom. The minimum atomic E-state index is 0.371. The average Bonchev–Trinajstić information content (AvgIpc) is 2.05. The van der Waals surface area contributed by atoms with Gasteiger partial charge in [-0.3, -0.25) is 0 Å². The van der Waals surface area contributed by atoms with Crippen LogP contribution in [0.4, 0.5) is 0 Å². The van der Waals surface area contributed by atoms with Crippen molar-refractivity contribution in [3.63, 3.8) is 0 Å². The first-order valence-corrected chi connectivity index (χ1v) is 4.46. The summed E-state index contributed by atoms with van der Waals surface area (Å²) in [6.07, 6.45) is 0. The standard InChI is InChI=1S/C10H14S/c1-8(2)10(11)9-6-4-3-5-7-9/h3-8,10-11H,1-2H3. The Balaban J connectivity index is 2.77. The lowest BCUT2D eigenvalue weighted by atomic mass is 10.0. The molecule has 0 N–H and O–H groups in total. The summed E-state index contributed by atoms with van der Waals surface area (Å²) in [6, 6.07) is 10.4. The van der Waals surface area contributed by atoms with Crippen LogP contribution in [0.15, 0.2) is 30.3 Å². The van der Waals surface area contributed by atoms with E-state index in [-0.39, 0.29) is 0 Å². The predicted octanol–water partition coefficient (Wildman–Crippen LogP) is 3.31. The van der Waals surface area contributed by atoms with Crippen molar-refractivity contribution in [3.8, 4) is 0 Å². The highest BCUT2D eigenvalue weighted by Gasteiger charge is 2.08. The first kappa shape index (κ1) is 8.66. The van der Waals surface area contributed by atoms with E-state index in [0.29, 0.717) is 11.2 Å². The van der Waals surface area contributed by atoms with Crippen LogP contribution in [0, 0.1) is 5.92 Å². The molecule has 0 saturated carbocycles. The molecule has 0 amide bonds. The number of hydrogen-bond acceptors (Lipinski definition) is 1. The average molecular weight is 166 g/mol. The molecule has 1 rings (SSSR count). The summed E-state index contributed by atoms with van der Waals surface area (Å²) in [6.45, 7) is 4.37. The maximum absolute atomic E-state index is 4.51. The Bertz CT molecular complexity index is 203. The molecule has 11 heavy (non-hydrogen) atoms. The van der Waals surface area contributed by atoms with Crippen molar-refractivity contribution in [1.82, 2.24) is 0 Å². The third kappa shape index (κ3) is 2.26. The largest absolute Gasteiger partial charge is 0.171 e. The van der Waals surface area contributed by atoms with Crippen LogP contribution in [0.3, 0.4) is 0 Å². The summed E-state index contributed by atoms with van der Waals surface area (Å²) in [7, 11) is 0. The summed E-state index contributed by atoms with van der Waals surface area (Å²) in [5.74, 6) is 0.598. The number of thiol groups is 1. The van der Waals surface area contributed by atoms with E-state index in [1.54, 1.807) is 0 Å². The second-order valence-electron chi connectivity index (χ2n) is 3.10. The van der Waals surface area contributed by atoms with Crippen LogP contribution >= 0.6 is 12.6 Å². The van der Waals surface area contributed by atoms with Crippen molar-refractivity contribution in [1.29, 1.82) is 0 Å². The van der Waals surface area contributed by atoms with Crippen LogP contribution in [-0.4, -0.2) is 0 Å². The molecule has 60 valence electrons. The van der Waals surface area contributed by atoms with E-state index in [0.717, 1.165) is 0 Å².